The van der Waals surface area contributed by atoms with Gasteiger partial charge in [-0.05, 0) is 24.3 Å². The van der Waals surface area contributed by atoms with Crippen LogP contribution in [-0.2, 0) is 0 Å². The van der Waals surface area contributed by atoms with Gasteiger partial charge in [0.2, 0.25) is 11.4 Å². The molecule has 0 fully saturated rings. The van der Waals surface area contributed by atoms with Gasteiger partial charge in [-0.15, -0.1) is 0 Å². The van der Waals surface area contributed by atoms with E-state index >= 15 is 0 Å². The lowest BCUT2D eigenvalue weighted by Crippen LogP contribution is -2.00. The number of benzene rings is 3. The summed E-state index contributed by atoms with van der Waals surface area (Å²) in [5.41, 5.74) is 2.68. The van der Waals surface area contributed by atoms with Crippen LogP contribution in [0, 0.1) is 10.4 Å². The van der Waals surface area contributed by atoms with Crippen LogP contribution in [0.15, 0.2) is 84.9 Å². The highest BCUT2D eigenvalue weighted by Gasteiger charge is 2.03. The van der Waals surface area contributed by atoms with Crippen LogP contribution < -0.4 is 0 Å². The molecule has 0 heterocycles. The molecule has 0 N–H and O–H groups in total. The standard InChI is InChI=1S/C20H16N2O2/c23-21(19-7-3-1-4-8-19)15-17-11-13-18(14-12-17)16-22(24)20-9-5-2-6-10-20/h1-16H/b21-15-,22-16-. The minimum atomic E-state index is 0.572. The van der Waals surface area contributed by atoms with E-state index in [1.165, 1.54) is 12.4 Å². The first-order chi connectivity index (χ1) is 11.7. The molecule has 0 saturated heterocycles. The van der Waals surface area contributed by atoms with Crippen molar-refractivity contribution in [1.82, 2.24) is 0 Å². The normalized spacial score (nSPS) is 12.2. The first-order valence-electron chi connectivity index (χ1n) is 7.55. The van der Waals surface area contributed by atoms with Gasteiger partial charge >= 0.3 is 0 Å². The van der Waals surface area contributed by atoms with Crippen LogP contribution in [-0.4, -0.2) is 21.9 Å². The number of para-hydroxylation sites is 2. The summed E-state index contributed by atoms with van der Waals surface area (Å²) in [6.07, 6.45) is 3.01. The van der Waals surface area contributed by atoms with Crippen molar-refractivity contribution in [3.05, 3.63) is 106 Å². The maximum atomic E-state index is 12.1. The first kappa shape index (κ1) is 15.5. The summed E-state index contributed by atoms with van der Waals surface area (Å²) in [7, 11) is 0. The van der Waals surface area contributed by atoms with Crippen molar-refractivity contribution >= 4 is 23.8 Å². The largest absolute Gasteiger partial charge is 0.618 e. The molecule has 0 amide bonds. The monoisotopic (exact) mass is 316 g/mol. The molecule has 3 aromatic rings. The third-order valence-corrected chi connectivity index (χ3v) is 3.49. The average Bonchev–Trinajstić information content (AvgIpc) is 2.65. The summed E-state index contributed by atoms with van der Waals surface area (Å²) in [5, 5.41) is 24.1. The Bertz CT molecular complexity index is 781. The maximum absolute atomic E-state index is 12.1. The van der Waals surface area contributed by atoms with Crippen molar-refractivity contribution < 1.29 is 9.48 Å². The Morgan fingerprint density at radius 2 is 0.833 bits per heavy atom. The van der Waals surface area contributed by atoms with Crippen molar-refractivity contribution in [1.29, 1.82) is 0 Å². The van der Waals surface area contributed by atoms with Crippen LogP contribution in [0.4, 0.5) is 11.4 Å². The molecule has 0 saturated carbocycles. The highest BCUT2D eigenvalue weighted by Crippen LogP contribution is 2.11. The zero-order valence-corrected chi connectivity index (χ0v) is 12.9. The van der Waals surface area contributed by atoms with Gasteiger partial charge in [0.15, 0.2) is 12.4 Å². The molecule has 24 heavy (non-hydrogen) atoms. The summed E-state index contributed by atoms with van der Waals surface area (Å²) in [4.78, 5) is 0. The van der Waals surface area contributed by atoms with E-state index in [0.29, 0.717) is 11.4 Å². The van der Waals surface area contributed by atoms with E-state index < -0.39 is 0 Å². The summed E-state index contributed by atoms with van der Waals surface area (Å²) in [6.45, 7) is 0. The molecule has 0 atom stereocenters. The van der Waals surface area contributed by atoms with Gasteiger partial charge in [0.05, 0.1) is 0 Å². The molecular formula is C20H16N2O2. The quantitative estimate of drug-likeness (QED) is 0.313. The van der Waals surface area contributed by atoms with Gasteiger partial charge in [0.25, 0.3) is 0 Å². The van der Waals surface area contributed by atoms with E-state index in [9.17, 15) is 10.4 Å². The van der Waals surface area contributed by atoms with Crippen LogP contribution in [0.25, 0.3) is 0 Å². The molecule has 3 aromatic carbocycles. The van der Waals surface area contributed by atoms with Crippen molar-refractivity contribution in [2.45, 2.75) is 0 Å². The SMILES string of the molecule is [O-]/[N+](=C\c1ccc(/C=[N+](\[O-])c2ccccc2)cc1)c1ccccc1. The molecule has 0 aliphatic rings. The second-order valence-corrected chi connectivity index (χ2v) is 5.25. The van der Waals surface area contributed by atoms with Crippen molar-refractivity contribution in [2.75, 3.05) is 0 Å². The number of rotatable bonds is 4. The second-order valence-electron chi connectivity index (χ2n) is 5.25. The van der Waals surface area contributed by atoms with Gasteiger partial charge in [0, 0.05) is 35.4 Å². The van der Waals surface area contributed by atoms with Crippen LogP contribution in [0.5, 0.6) is 0 Å². The fourth-order valence-electron chi connectivity index (χ4n) is 2.24. The molecule has 118 valence electrons. The smallest absolute Gasteiger partial charge is 0.216 e. The highest BCUT2D eigenvalue weighted by molar-refractivity contribution is 5.81. The topological polar surface area (TPSA) is 52.1 Å². The van der Waals surface area contributed by atoms with E-state index in [0.717, 1.165) is 20.6 Å². The molecule has 0 unspecified atom stereocenters. The molecule has 0 aromatic heterocycles. The Kier molecular flexibility index (Phi) is 4.68. The molecule has 4 heteroatoms. The fraction of sp³-hybridized carbons (Fsp3) is 0. The van der Waals surface area contributed by atoms with Gasteiger partial charge in [-0.25, -0.2) is 0 Å². The predicted molar refractivity (Wildman–Crippen MR) is 96.2 cm³/mol. The lowest BCUT2D eigenvalue weighted by atomic mass is 10.1. The Morgan fingerprint density at radius 3 is 1.17 bits per heavy atom. The molecular weight excluding hydrogens is 300 g/mol. The minimum Gasteiger partial charge on any atom is -0.618 e. The zero-order chi connectivity index (χ0) is 16.8. The molecule has 0 aliphatic heterocycles. The van der Waals surface area contributed by atoms with E-state index in [1.54, 1.807) is 48.5 Å². The molecule has 0 aliphatic carbocycles. The lowest BCUT2D eigenvalue weighted by Gasteiger charge is -2.03. The Labute approximate surface area is 140 Å². The van der Waals surface area contributed by atoms with Gasteiger partial charge in [0.1, 0.15) is 0 Å². The first-order valence-corrected chi connectivity index (χ1v) is 7.55. The summed E-state index contributed by atoms with van der Waals surface area (Å²) < 4.78 is 1.64. The number of nitrogens with zero attached hydrogens (tertiary/aromatic N) is 2. The lowest BCUT2D eigenvalue weighted by molar-refractivity contribution is -0.354. The van der Waals surface area contributed by atoms with Crippen LogP contribution in [0.1, 0.15) is 11.1 Å². The third-order valence-electron chi connectivity index (χ3n) is 3.49. The molecule has 4 nitrogen and oxygen atoms in total. The average molecular weight is 316 g/mol. The van der Waals surface area contributed by atoms with Crippen LogP contribution in [0.3, 0.4) is 0 Å². The molecule has 0 radical (unpaired) electrons. The van der Waals surface area contributed by atoms with Gasteiger partial charge < -0.3 is 10.4 Å². The van der Waals surface area contributed by atoms with Crippen LogP contribution >= 0.6 is 0 Å². The van der Waals surface area contributed by atoms with E-state index in [1.807, 2.05) is 36.4 Å². The minimum absolute atomic E-state index is 0.572. The third kappa shape index (κ3) is 3.87. The van der Waals surface area contributed by atoms with E-state index in [-0.39, 0.29) is 0 Å². The second kappa shape index (κ2) is 7.24. The Morgan fingerprint density at radius 1 is 0.500 bits per heavy atom. The Hall–Kier alpha value is -3.40. The van der Waals surface area contributed by atoms with Gasteiger partial charge in [-0.3, -0.25) is 0 Å². The summed E-state index contributed by atoms with van der Waals surface area (Å²) >= 11 is 0. The predicted octanol–water partition coefficient (Wildman–Crippen LogP) is 4.21. The summed E-state index contributed by atoms with van der Waals surface area (Å²) in [6, 6.07) is 25.2. The van der Waals surface area contributed by atoms with Gasteiger partial charge in [-0.2, -0.15) is 9.48 Å². The zero-order valence-electron chi connectivity index (χ0n) is 12.9. The fourth-order valence-corrected chi connectivity index (χ4v) is 2.24. The molecule has 0 spiro atoms. The maximum Gasteiger partial charge on any atom is 0.216 e. The van der Waals surface area contributed by atoms with Crippen molar-refractivity contribution in [3.63, 3.8) is 0 Å². The van der Waals surface area contributed by atoms with Gasteiger partial charge in [-0.1, -0.05) is 36.4 Å². The van der Waals surface area contributed by atoms with E-state index in [2.05, 4.69) is 0 Å². The van der Waals surface area contributed by atoms with E-state index in [4.69, 9.17) is 0 Å². The van der Waals surface area contributed by atoms with Crippen molar-refractivity contribution in [3.8, 4) is 0 Å². The highest BCUT2D eigenvalue weighted by atomic mass is 16.5. The molecule has 3 rings (SSSR count). The number of hydrogen-bond acceptors (Lipinski definition) is 2. The number of hydrogen-bond donors (Lipinski definition) is 0. The molecule has 0 bridgehead atoms. The van der Waals surface area contributed by atoms with Crippen molar-refractivity contribution in [2.24, 2.45) is 0 Å². The Balaban J connectivity index is 1.79. The summed E-state index contributed by atoms with van der Waals surface area (Å²) in [5.74, 6) is 0. The van der Waals surface area contributed by atoms with Crippen LogP contribution in [0.2, 0.25) is 0 Å².